The lowest BCUT2D eigenvalue weighted by Gasteiger charge is -2.10. The molecule has 1 atom stereocenters. The van der Waals surface area contributed by atoms with Crippen molar-refractivity contribution in [2.45, 2.75) is 16.5 Å². The molecule has 3 rings (SSSR count). The SMILES string of the molecule is Cc1ccc(Nc2nnc(SC(C(N)=O)c3ccccc3)s2)cc1. The van der Waals surface area contributed by atoms with Crippen LogP contribution in [0.3, 0.4) is 0 Å². The molecular formula is C17H16N4OS2. The number of nitrogens with one attached hydrogen (secondary N) is 1. The second-order valence-electron chi connectivity index (χ2n) is 5.18. The van der Waals surface area contributed by atoms with Crippen LogP contribution in [0.1, 0.15) is 16.4 Å². The highest BCUT2D eigenvalue weighted by Crippen LogP contribution is 2.38. The number of rotatable bonds is 6. The molecule has 0 spiro atoms. The second-order valence-corrected chi connectivity index (χ2v) is 7.50. The summed E-state index contributed by atoms with van der Waals surface area (Å²) < 4.78 is 0.692. The molecule has 0 aliphatic carbocycles. The van der Waals surface area contributed by atoms with Crippen LogP contribution in [-0.4, -0.2) is 16.1 Å². The number of aryl methyl sites for hydroxylation is 1. The lowest BCUT2D eigenvalue weighted by atomic mass is 10.1. The van der Waals surface area contributed by atoms with Crippen LogP contribution in [0.5, 0.6) is 0 Å². The van der Waals surface area contributed by atoms with Crippen molar-refractivity contribution in [3.8, 4) is 0 Å². The third kappa shape index (κ3) is 4.12. The van der Waals surface area contributed by atoms with E-state index in [1.54, 1.807) is 0 Å². The third-order valence-corrected chi connectivity index (χ3v) is 5.48. The Morgan fingerprint density at radius 2 is 1.83 bits per heavy atom. The molecular weight excluding hydrogens is 340 g/mol. The van der Waals surface area contributed by atoms with Gasteiger partial charge in [0.25, 0.3) is 0 Å². The highest BCUT2D eigenvalue weighted by Gasteiger charge is 2.21. The van der Waals surface area contributed by atoms with Crippen LogP contribution < -0.4 is 11.1 Å². The van der Waals surface area contributed by atoms with E-state index in [1.807, 2.05) is 61.5 Å². The summed E-state index contributed by atoms with van der Waals surface area (Å²) in [6, 6.07) is 17.5. The van der Waals surface area contributed by atoms with Gasteiger partial charge in [-0.1, -0.05) is 71.1 Å². The lowest BCUT2D eigenvalue weighted by molar-refractivity contribution is -0.117. The van der Waals surface area contributed by atoms with Crippen molar-refractivity contribution in [1.29, 1.82) is 0 Å². The second kappa shape index (κ2) is 7.46. The number of carbonyl (C=O) groups is 1. The van der Waals surface area contributed by atoms with Crippen molar-refractivity contribution in [3.63, 3.8) is 0 Å². The van der Waals surface area contributed by atoms with Crippen LogP contribution in [-0.2, 0) is 4.79 Å². The number of benzene rings is 2. The fraction of sp³-hybridized carbons (Fsp3) is 0.118. The molecule has 0 fully saturated rings. The number of carbonyl (C=O) groups excluding carboxylic acids is 1. The van der Waals surface area contributed by atoms with Gasteiger partial charge in [-0.3, -0.25) is 4.79 Å². The van der Waals surface area contributed by atoms with E-state index in [9.17, 15) is 4.79 Å². The molecule has 122 valence electrons. The number of primary amides is 1. The van der Waals surface area contributed by atoms with Crippen LogP contribution in [0, 0.1) is 6.92 Å². The Hall–Kier alpha value is -2.38. The highest BCUT2D eigenvalue weighted by molar-refractivity contribution is 8.01. The maximum Gasteiger partial charge on any atom is 0.235 e. The van der Waals surface area contributed by atoms with Gasteiger partial charge >= 0.3 is 0 Å². The summed E-state index contributed by atoms with van der Waals surface area (Å²) in [5.41, 5.74) is 8.54. The predicted octanol–water partition coefficient (Wildman–Crippen LogP) is 3.91. The van der Waals surface area contributed by atoms with Gasteiger partial charge in [0.15, 0.2) is 4.34 Å². The summed E-state index contributed by atoms with van der Waals surface area (Å²) in [4.78, 5) is 11.8. The van der Waals surface area contributed by atoms with Crippen molar-refractivity contribution < 1.29 is 4.79 Å². The number of hydrogen-bond donors (Lipinski definition) is 2. The first kappa shape index (κ1) is 16.5. The van der Waals surface area contributed by atoms with Crippen LogP contribution >= 0.6 is 23.1 Å². The summed E-state index contributed by atoms with van der Waals surface area (Å²) in [5, 5.41) is 11.7. The normalized spacial score (nSPS) is 11.9. The molecule has 3 aromatic rings. The van der Waals surface area contributed by atoms with Crippen molar-refractivity contribution in [2.24, 2.45) is 5.73 Å². The number of thioether (sulfide) groups is 1. The van der Waals surface area contributed by atoms with E-state index in [0.717, 1.165) is 11.3 Å². The van der Waals surface area contributed by atoms with Crippen molar-refractivity contribution in [2.75, 3.05) is 5.32 Å². The molecule has 1 heterocycles. The highest BCUT2D eigenvalue weighted by atomic mass is 32.2. The van der Waals surface area contributed by atoms with Gasteiger partial charge in [0.05, 0.1) is 0 Å². The first-order chi connectivity index (χ1) is 11.6. The van der Waals surface area contributed by atoms with Gasteiger partial charge in [0.1, 0.15) is 5.25 Å². The zero-order valence-electron chi connectivity index (χ0n) is 13.0. The molecule has 0 saturated carbocycles. The molecule has 0 saturated heterocycles. The Kier molecular flexibility index (Phi) is 5.12. The molecule has 1 amide bonds. The monoisotopic (exact) mass is 356 g/mol. The summed E-state index contributed by atoms with van der Waals surface area (Å²) in [6.07, 6.45) is 0. The molecule has 1 unspecified atom stereocenters. The van der Waals surface area contributed by atoms with E-state index in [-0.39, 0.29) is 0 Å². The summed E-state index contributed by atoms with van der Waals surface area (Å²) >= 11 is 2.71. The third-order valence-electron chi connectivity index (χ3n) is 3.29. The molecule has 0 bridgehead atoms. The Morgan fingerprint density at radius 1 is 1.12 bits per heavy atom. The maximum absolute atomic E-state index is 11.8. The largest absolute Gasteiger partial charge is 0.368 e. The van der Waals surface area contributed by atoms with Crippen LogP contribution in [0.25, 0.3) is 0 Å². The Labute approximate surface area is 148 Å². The van der Waals surface area contributed by atoms with E-state index in [1.165, 1.54) is 28.7 Å². The maximum atomic E-state index is 11.8. The minimum Gasteiger partial charge on any atom is -0.368 e. The minimum absolute atomic E-state index is 0.394. The quantitative estimate of drug-likeness (QED) is 0.655. The van der Waals surface area contributed by atoms with Crippen molar-refractivity contribution >= 4 is 39.8 Å². The van der Waals surface area contributed by atoms with E-state index in [2.05, 4.69) is 15.5 Å². The van der Waals surface area contributed by atoms with Gasteiger partial charge in [-0.05, 0) is 24.6 Å². The number of hydrogen-bond acceptors (Lipinski definition) is 6. The molecule has 0 aliphatic heterocycles. The summed E-state index contributed by atoms with van der Waals surface area (Å²) in [5.74, 6) is -0.394. The number of aromatic nitrogens is 2. The minimum atomic E-state index is -0.480. The molecule has 24 heavy (non-hydrogen) atoms. The average molecular weight is 356 g/mol. The molecule has 2 aromatic carbocycles. The number of nitrogens with zero attached hydrogens (tertiary/aromatic N) is 2. The van der Waals surface area contributed by atoms with E-state index in [0.29, 0.717) is 9.47 Å². The topological polar surface area (TPSA) is 80.9 Å². The zero-order valence-corrected chi connectivity index (χ0v) is 14.6. The standard InChI is InChI=1S/C17H16N4OS2/c1-11-7-9-13(10-8-11)19-16-20-21-17(24-16)23-14(15(18)22)12-5-3-2-4-6-12/h2-10,14H,1H3,(H2,18,22)(H,19,20). The van der Waals surface area contributed by atoms with Crippen molar-refractivity contribution in [1.82, 2.24) is 10.2 Å². The number of amides is 1. The van der Waals surface area contributed by atoms with E-state index < -0.39 is 11.2 Å². The van der Waals surface area contributed by atoms with Gasteiger partial charge in [-0.25, -0.2) is 0 Å². The fourth-order valence-electron chi connectivity index (χ4n) is 2.09. The number of anilines is 2. The Balaban J connectivity index is 1.72. The van der Waals surface area contributed by atoms with Gasteiger partial charge in [0, 0.05) is 5.69 Å². The predicted molar refractivity (Wildman–Crippen MR) is 98.6 cm³/mol. The first-order valence-electron chi connectivity index (χ1n) is 7.30. The fourth-order valence-corrected chi connectivity index (χ4v) is 4.00. The Morgan fingerprint density at radius 3 is 2.50 bits per heavy atom. The van der Waals surface area contributed by atoms with Gasteiger partial charge < -0.3 is 11.1 Å². The van der Waals surface area contributed by atoms with Gasteiger partial charge in [0.2, 0.25) is 11.0 Å². The molecule has 0 aliphatic rings. The van der Waals surface area contributed by atoms with Crippen LogP contribution in [0.15, 0.2) is 58.9 Å². The van der Waals surface area contributed by atoms with Gasteiger partial charge in [-0.2, -0.15) is 0 Å². The first-order valence-corrected chi connectivity index (χ1v) is 8.99. The van der Waals surface area contributed by atoms with E-state index >= 15 is 0 Å². The van der Waals surface area contributed by atoms with Gasteiger partial charge in [-0.15, -0.1) is 10.2 Å². The molecule has 0 radical (unpaired) electrons. The van der Waals surface area contributed by atoms with Crippen molar-refractivity contribution in [3.05, 3.63) is 65.7 Å². The Bertz CT molecular complexity index is 818. The molecule has 5 nitrogen and oxygen atoms in total. The van der Waals surface area contributed by atoms with Crippen LogP contribution in [0.2, 0.25) is 0 Å². The molecule has 7 heteroatoms. The van der Waals surface area contributed by atoms with E-state index in [4.69, 9.17) is 5.73 Å². The lowest BCUT2D eigenvalue weighted by Crippen LogP contribution is -2.18. The zero-order chi connectivity index (χ0) is 16.9. The molecule has 1 aromatic heterocycles. The van der Waals surface area contributed by atoms with Crippen LogP contribution in [0.4, 0.5) is 10.8 Å². The smallest absolute Gasteiger partial charge is 0.235 e. The summed E-state index contributed by atoms with van der Waals surface area (Å²) in [6.45, 7) is 2.04. The average Bonchev–Trinajstić information content (AvgIpc) is 3.02. The summed E-state index contributed by atoms with van der Waals surface area (Å²) in [7, 11) is 0. The molecule has 3 N–H and O–H groups in total. The number of nitrogens with two attached hydrogens (primary N) is 1.